The Morgan fingerprint density at radius 1 is 1.19 bits per heavy atom. The number of carbonyl (C=O) groups excluding carboxylic acids is 1. The van der Waals surface area contributed by atoms with Crippen molar-refractivity contribution in [2.45, 2.75) is 0 Å². The summed E-state index contributed by atoms with van der Waals surface area (Å²) in [7, 11) is 0. The summed E-state index contributed by atoms with van der Waals surface area (Å²) in [5.41, 5.74) is 0.803. The third kappa shape index (κ3) is 3.81. The molecule has 110 valence electrons. The van der Waals surface area contributed by atoms with Gasteiger partial charge in [0.15, 0.2) is 10.9 Å². The molecule has 6 heteroatoms. The zero-order valence-corrected chi connectivity index (χ0v) is 14.5. The summed E-state index contributed by atoms with van der Waals surface area (Å²) in [5, 5.41) is 3.08. The second-order valence-electron chi connectivity index (χ2n) is 5.01. The third-order valence-corrected chi connectivity index (χ3v) is 5.15. The van der Waals surface area contributed by atoms with Gasteiger partial charge in [-0.3, -0.25) is 9.69 Å². The van der Waals surface area contributed by atoms with Crippen molar-refractivity contribution in [3.8, 4) is 0 Å². The molecular weight excluding hydrogens is 397 g/mol. The Balaban J connectivity index is 1.53. The maximum atomic E-state index is 12.3. The molecule has 1 aromatic heterocycles. The number of aromatic nitrogens is 1. The third-order valence-electron chi connectivity index (χ3n) is 3.60. The highest BCUT2D eigenvalue weighted by Crippen LogP contribution is 2.19. The average molecular weight is 413 g/mol. The molecule has 21 heavy (non-hydrogen) atoms. The summed E-state index contributed by atoms with van der Waals surface area (Å²) in [6, 6.07) is 7.79. The van der Waals surface area contributed by atoms with Crippen molar-refractivity contribution in [2.75, 3.05) is 37.6 Å². The van der Waals surface area contributed by atoms with Gasteiger partial charge in [-0.15, -0.1) is 11.3 Å². The van der Waals surface area contributed by atoms with Crippen LogP contribution in [-0.2, 0) is 0 Å². The zero-order chi connectivity index (χ0) is 14.7. The number of thiazole rings is 1. The van der Waals surface area contributed by atoms with Gasteiger partial charge in [-0.2, -0.15) is 0 Å². The van der Waals surface area contributed by atoms with Crippen LogP contribution in [-0.4, -0.2) is 48.4 Å². The van der Waals surface area contributed by atoms with E-state index in [9.17, 15) is 4.79 Å². The predicted molar refractivity (Wildman–Crippen MR) is 94.3 cm³/mol. The lowest BCUT2D eigenvalue weighted by atomic mass is 10.1. The van der Waals surface area contributed by atoms with Gasteiger partial charge in [-0.05, 0) is 34.7 Å². The standard InChI is InChI=1S/C15H16IN3OS/c16-13-3-1-12(2-4-13)14(20)11-18-6-8-19(9-7-18)15-17-5-10-21-15/h1-5,10H,6-9,11H2. The number of Topliss-reactive ketones (excluding diaryl/α,β-unsaturated/α-hetero) is 1. The number of hydrogen-bond acceptors (Lipinski definition) is 5. The molecule has 2 heterocycles. The molecular formula is C15H16IN3OS. The molecule has 2 aromatic rings. The molecule has 1 aliphatic heterocycles. The van der Waals surface area contributed by atoms with E-state index in [4.69, 9.17) is 0 Å². The molecule has 1 saturated heterocycles. The fourth-order valence-corrected chi connectivity index (χ4v) is 3.46. The number of halogens is 1. The molecule has 1 aliphatic rings. The van der Waals surface area contributed by atoms with Crippen molar-refractivity contribution in [1.82, 2.24) is 9.88 Å². The number of ketones is 1. The van der Waals surface area contributed by atoms with Crippen molar-refractivity contribution in [3.05, 3.63) is 45.0 Å². The summed E-state index contributed by atoms with van der Waals surface area (Å²) >= 11 is 3.92. The van der Waals surface area contributed by atoms with Crippen molar-refractivity contribution in [1.29, 1.82) is 0 Å². The van der Waals surface area contributed by atoms with E-state index >= 15 is 0 Å². The maximum absolute atomic E-state index is 12.3. The first kappa shape index (κ1) is 14.9. The number of anilines is 1. The molecule has 0 atom stereocenters. The molecule has 0 radical (unpaired) electrons. The van der Waals surface area contributed by atoms with Gasteiger partial charge in [0, 0.05) is 46.9 Å². The van der Waals surface area contributed by atoms with Crippen LogP contribution in [0.25, 0.3) is 0 Å². The van der Waals surface area contributed by atoms with E-state index in [1.54, 1.807) is 11.3 Å². The highest BCUT2D eigenvalue weighted by Gasteiger charge is 2.20. The lowest BCUT2D eigenvalue weighted by molar-refractivity contribution is 0.0926. The monoisotopic (exact) mass is 413 g/mol. The summed E-state index contributed by atoms with van der Waals surface area (Å²) in [6.45, 7) is 4.21. The van der Waals surface area contributed by atoms with Crippen molar-refractivity contribution >= 4 is 44.8 Å². The Morgan fingerprint density at radius 3 is 2.52 bits per heavy atom. The van der Waals surface area contributed by atoms with Crippen LogP contribution in [0, 0.1) is 3.57 Å². The fraction of sp³-hybridized carbons (Fsp3) is 0.333. The quantitative estimate of drug-likeness (QED) is 0.571. The minimum absolute atomic E-state index is 0.203. The van der Waals surface area contributed by atoms with Gasteiger partial charge in [0.25, 0.3) is 0 Å². The van der Waals surface area contributed by atoms with Crippen LogP contribution in [0.3, 0.4) is 0 Å². The van der Waals surface area contributed by atoms with Crippen LogP contribution in [0.1, 0.15) is 10.4 Å². The lowest BCUT2D eigenvalue weighted by Gasteiger charge is -2.34. The number of hydrogen-bond donors (Lipinski definition) is 0. The van der Waals surface area contributed by atoms with Crippen LogP contribution in [0.5, 0.6) is 0 Å². The summed E-state index contributed by atoms with van der Waals surface area (Å²) < 4.78 is 1.15. The molecule has 1 aromatic carbocycles. The number of nitrogens with zero attached hydrogens (tertiary/aromatic N) is 3. The molecule has 0 spiro atoms. The first-order valence-electron chi connectivity index (χ1n) is 6.88. The molecule has 0 N–H and O–H groups in total. The molecule has 0 aliphatic carbocycles. The first-order chi connectivity index (χ1) is 10.2. The van der Waals surface area contributed by atoms with E-state index in [1.165, 1.54) is 0 Å². The second kappa shape index (κ2) is 6.85. The maximum Gasteiger partial charge on any atom is 0.185 e. The fourth-order valence-electron chi connectivity index (χ4n) is 2.40. The van der Waals surface area contributed by atoms with E-state index in [2.05, 4.69) is 37.4 Å². The normalized spacial score (nSPS) is 16.1. The van der Waals surface area contributed by atoms with Gasteiger partial charge in [0.1, 0.15) is 0 Å². The highest BCUT2D eigenvalue weighted by atomic mass is 127. The van der Waals surface area contributed by atoms with E-state index in [1.807, 2.05) is 35.8 Å². The van der Waals surface area contributed by atoms with Crippen molar-refractivity contribution in [2.24, 2.45) is 0 Å². The first-order valence-corrected chi connectivity index (χ1v) is 8.84. The molecule has 4 nitrogen and oxygen atoms in total. The van der Waals surface area contributed by atoms with E-state index < -0.39 is 0 Å². The minimum atomic E-state index is 0.203. The minimum Gasteiger partial charge on any atom is -0.346 e. The van der Waals surface area contributed by atoms with E-state index in [0.29, 0.717) is 6.54 Å². The van der Waals surface area contributed by atoms with Crippen molar-refractivity contribution in [3.63, 3.8) is 0 Å². The van der Waals surface area contributed by atoms with Gasteiger partial charge in [0.2, 0.25) is 0 Å². The molecule has 3 rings (SSSR count). The van der Waals surface area contributed by atoms with Crippen LogP contribution in [0.4, 0.5) is 5.13 Å². The predicted octanol–water partition coefficient (Wildman–Crippen LogP) is 2.75. The van der Waals surface area contributed by atoms with Crippen LogP contribution >= 0.6 is 33.9 Å². The van der Waals surface area contributed by atoms with Crippen molar-refractivity contribution < 1.29 is 4.79 Å². The summed E-state index contributed by atoms with van der Waals surface area (Å²) in [6.07, 6.45) is 1.84. The van der Waals surface area contributed by atoms with Crippen LogP contribution in [0.15, 0.2) is 35.8 Å². The van der Waals surface area contributed by atoms with Crippen LogP contribution in [0.2, 0.25) is 0 Å². The largest absolute Gasteiger partial charge is 0.346 e. The number of benzene rings is 1. The van der Waals surface area contributed by atoms with Gasteiger partial charge < -0.3 is 4.90 Å². The number of piperazine rings is 1. The highest BCUT2D eigenvalue weighted by molar-refractivity contribution is 14.1. The summed E-state index contributed by atoms with van der Waals surface area (Å²) in [4.78, 5) is 21.1. The molecule has 0 amide bonds. The SMILES string of the molecule is O=C(CN1CCN(c2nccs2)CC1)c1ccc(I)cc1. The smallest absolute Gasteiger partial charge is 0.185 e. The Hall–Kier alpha value is -0.990. The van der Waals surface area contributed by atoms with E-state index in [-0.39, 0.29) is 5.78 Å². The zero-order valence-electron chi connectivity index (χ0n) is 11.5. The van der Waals surface area contributed by atoms with Gasteiger partial charge in [-0.1, -0.05) is 12.1 Å². The number of rotatable bonds is 4. The van der Waals surface area contributed by atoms with E-state index in [0.717, 1.165) is 40.4 Å². The Labute approximate surface area is 141 Å². The summed E-state index contributed by atoms with van der Waals surface area (Å²) in [5.74, 6) is 0.203. The van der Waals surface area contributed by atoms with Gasteiger partial charge in [-0.25, -0.2) is 4.98 Å². The Bertz CT molecular complexity index is 592. The number of carbonyl (C=O) groups is 1. The topological polar surface area (TPSA) is 36.4 Å². The average Bonchev–Trinajstić information content (AvgIpc) is 3.03. The molecule has 0 bridgehead atoms. The van der Waals surface area contributed by atoms with Crippen LogP contribution < -0.4 is 4.90 Å². The lowest BCUT2D eigenvalue weighted by Crippen LogP contribution is -2.48. The Morgan fingerprint density at radius 2 is 1.90 bits per heavy atom. The molecule has 1 fully saturated rings. The second-order valence-corrected chi connectivity index (χ2v) is 7.13. The van der Waals surface area contributed by atoms with Gasteiger partial charge in [0.05, 0.1) is 6.54 Å². The van der Waals surface area contributed by atoms with Gasteiger partial charge >= 0.3 is 0 Å². The molecule has 0 unspecified atom stereocenters. The Kier molecular flexibility index (Phi) is 4.87. The molecule has 0 saturated carbocycles.